The van der Waals surface area contributed by atoms with E-state index in [1.807, 2.05) is 18.2 Å². The van der Waals surface area contributed by atoms with Gasteiger partial charge in [-0.25, -0.2) is 4.79 Å². The van der Waals surface area contributed by atoms with Crippen LogP contribution in [0.2, 0.25) is 0 Å². The third kappa shape index (κ3) is 6.33. The van der Waals surface area contributed by atoms with Crippen molar-refractivity contribution in [2.24, 2.45) is 0 Å². The molecule has 0 amide bonds. The Morgan fingerprint density at radius 3 is 2.46 bits per heavy atom. The normalized spacial score (nSPS) is 12.1. The summed E-state index contributed by atoms with van der Waals surface area (Å²) >= 11 is 6.51. The summed E-state index contributed by atoms with van der Waals surface area (Å²) in [5.74, 6) is 0.146. The molecule has 1 atom stereocenters. The van der Waals surface area contributed by atoms with Crippen molar-refractivity contribution in [1.29, 1.82) is 5.41 Å². The number of carbonyl (C=O) groups is 1. The number of nitrogens with one attached hydrogen (secondary N) is 1. The molecule has 1 aromatic rings. The zero-order valence-corrected chi connectivity index (χ0v) is 16.5. The summed E-state index contributed by atoms with van der Waals surface area (Å²) in [6.45, 7) is 8.40. The van der Waals surface area contributed by atoms with Gasteiger partial charge in [-0.3, -0.25) is 5.41 Å². The van der Waals surface area contributed by atoms with E-state index in [1.54, 1.807) is 14.0 Å². The molecule has 0 spiro atoms. The van der Waals surface area contributed by atoms with Crippen LogP contribution in [0.4, 0.5) is 0 Å². The summed E-state index contributed by atoms with van der Waals surface area (Å²) in [5, 5.41) is 7.40. The maximum atomic E-state index is 11.5. The lowest BCUT2D eigenvalue weighted by molar-refractivity contribution is -0.135. The van der Waals surface area contributed by atoms with E-state index in [9.17, 15) is 4.79 Å². The van der Waals surface area contributed by atoms with Crippen LogP contribution in [0.3, 0.4) is 0 Å². The fourth-order valence-electron chi connectivity index (χ4n) is 2.19. The first-order chi connectivity index (χ1) is 10.7. The Morgan fingerprint density at radius 1 is 1.33 bits per heavy atom. The number of carbonyl (C=O) groups excluding carboxylic acids is 1. The number of ether oxygens (including phenoxy) is 2. The molecule has 0 radical (unpaired) electrons. The SMILES string of the molecule is CCOC(=O)C(=N)CCC(Cl)c1cc(C(C)(C)C)ccc1OC.Cl. The predicted octanol–water partition coefficient (Wildman–Crippen LogP) is 5.06. The molecule has 0 fully saturated rings. The van der Waals surface area contributed by atoms with Crippen LogP contribution in [0.15, 0.2) is 18.2 Å². The lowest BCUT2D eigenvalue weighted by atomic mass is 9.85. The van der Waals surface area contributed by atoms with Gasteiger partial charge in [0.15, 0.2) is 0 Å². The second kappa shape index (κ2) is 9.90. The number of hydrogen-bond acceptors (Lipinski definition) is 4. The van der Waals surface area contributed by atoms with Gasteiger partial charge in [-0.05, 0) is 36.8 Å². The first-order valence-corrected chi connectivity index (χ1v) is 8.21. The van der Waals surface area contributed by atoms with E-state index in [4.69, 9.17) is 26.5 Å². The Labute approximate surface area is 155 Å². The van der Waals surface area contributed by atoms with Crippen molar-refractivity contribution in [2.75, 3.05) is 13.7 Å². The first-order valence-electron chi connectivity index (χ1n) is 7.77. The third-order valence-electron chi connectivity index (χ3n) is 3.60. The van der Waals surface area contributed by atoms with Crippen molar-refractivity contribution in [1.82, 2.24) is 0 Å². The molecule has 0 saturated carbocycles. The fourth-order valence-corrected chi connectivity index (χ4v) is 2.47. The molecule has 1 aromatic carbocycles. The van der Waals surface area contributed by atoms with Crippen molar-refractivity contribution in [2.45, 2.75) is 51.3 Å². The standard InChI is InChI=1S/C18H26ClNO3.ClH/c1-6-23-17(21)15(20)9-8-14(19)13-11-12(18(2,3)4)7-10-16(13)22-5;/h7,10-11,14,20H,6,8-9H2,1-5H3;1H. The zero-order valence-electron chi connectivity index (χ0n) is 14.9. The van der Waals surface area contributed by atoms with Crippen molar-refractivity contribution >= 4 is 35.7 Å². The summed E-state index contributed by atoms with van der Waals surface area (Å²) < 4.78 is 10.2. The molecular formula is C18H27Cl2NO3. The minimum Gasteiger partial charge on any atom is -0.496 e. The van der Waals surface area contributed by atoms with E-state index in [1.165, 1.54) is 5.56 Å². The zero-order chi connectivity index (χ0) is 17.6. The number of hydrogen-bond donors (Lipinski definition) is 1. The number of rotatable bonds is 7. The molecule has 0 aliphatic rings. The van der Waals surface area contributed by atoms with E-state index in [2.05, 4.69) is 20.8 Å². The monoisotopic (exact) mass is 375 g/mol. The molecule has 1 rings (SSSR count). The van der Waals surface area contributed by atoms with Crippen molar-refractivity contribution in [3.8, 4) is 5.75 Å². The molecular weight excluding hydrogens is 349 g/mol. The summed E-state index contributed by atoms with van der Waals surface area (Å²) in [6.07, 6.45) is 0.749. The molecule has 0 aliphatic heterocycles. The van der Waals surface area contributed by atoms with Gasteiger partial charge < -0.3 is 9.47 Å². The van der Waals surface area contributed by atoms with E-state index in [0.717, 1.165) is 11.3 Å². The highest BCUT2D eigenvalue weighted by molar-refractivity contribution is 6.35. The Bertz CT molecular complexity index is 568. The summed E-state index contributed by atoms with van der Waals surface area (Å²) in [6, 6.07) is 6.00. The van der Waals surface area contributed by atoms with Crippen LogP contribution in [0.1, 0.15) is 57.0 Å². The first kappa shape index (κ1) is 22.7. The highest BCUT2D eigenvalue weighted by atomic mass is 35.5. The summed E-state index contributed by atoms with van der Waals surface area (Å²) in [4.78, 5) is 11.5. The van der Waals surface area contributed by atoms with Crippen LogP contribution in [0.5, 0.6) is 5.75 Å². The van der Waals surface area contributed by atoms with E-state index in [0.29, 0.717) is 6.42 Å². The molecule has 4 nitrogen and oxygen atoms in total. The lowest BCUT2D eigenvalue weighted by Gasteiger charge is -2.22. The van der Waals surface area contributed by atoms with Crippen molar-refractivity contribution in [3.63, 3.8) is 0 Å². The number of halogens is 2. The molecule has 24 heavy (non-hydrogen) atoms. The number of benzene rings is 1. The quantitative estimate of drug-likeness (QED) is 0.411. The highest BCUT2D eigenvalue weighted by Crippen LogP contribution is 2.36. The molecule has 0 heterocycles. The van der Waals surface area contributed by atoms with Gasteiger partial charge in [-0.2, -0.15) is 0 Å². The van der Waals surface area contributed by atoms with Crippen molar-refractivity contribution < 1.29 is 14.3 Å². The molecule has 0 aliphatic carbocycles. The van der Waals surface area contributed by atoms with Gasteiger partial charge in [0, 0.05) is 5.56 Å². The summed E-state index contributed by atoms with van der Waals surface area (Å²) in [5.41, 5.74) is 2.01. The maximum absolute atomic E-state index is 11.5. The van der Waals surface area contributed by atoms with Gasteiger partial charge in [-0.1, -0.05) is 32.9 Å². The van der Waals surface area contributed by atoms with E-state index in [-0.39, 0.29) is 41.9 Å². The Kier molecular flexibility index (Phi) is 9.38. The smallest absolute Gasteiger partial charge is 0.351 e. The molecule has 136 valence electrons. The fraction of sp³-hybridized carbons (Fsp3) is 0.556. The van der Waals surface area contributed by atoms with Crippen LogP contribution in [-0.4, -0.2) is 25.4 Å². The van der Waals surface area contributed by atoms with Crippen LogP contribution < -0.4 is 4.74 Å². The Balaban J connectivity index is 0.00000529. The largest absolute Gasteiger partial charge is 0.496 e. The third-order valence-corrected chi connectivity index (χ3v) is 4.06. The van der Waals surface area contributed by atoms with Crippen LogP contribution in [-0.2, 0) is 14.9 Å². The van der Waals surface area contributed by atoms with Crippen LogP contribution in [0, 0.1) is 5.41 Å². The molecule has 0 saturated heterocycles. The average molecular weight is 376 g/mol. The number of esters is 1. The minimum atomic E-state index is -0.577. The Morgan fingerprint density at radius 2 is 1.96 bits per heavy atom. The number of alkyl halides is 1. The minimum absolute atomic E-state index is 0. The van der Waals surface area contributed by atoms with Crippen LogP contribution >= 0.6 is 24.0 Å². The average Bonchev–Trinajstić information content (AvgIpc) is 2.50. The molecule has 1 N–H and O–H groups in total. The lowest BCUT2D eigenvalue weighted by Crippen LogP contribution is -2.17. The van der Waals surface area contributed by atoms with Gasteiger partial charge in [0.1, 0.15) is 11.5 Å². The predicted molar refractivity (Wildman–Crippen MR) is 101 cm³/mol. The van der Waals surface area contributed by atoms with Gasteiger partial charge >= 0.3 is 5.97 Å². The topological polar surface area (TPSA) is 59.4 Å². The molecule has 0 aromatic heterocycles. The second-order valence-electron chi connectivity index (χ2n) is 6.41. The highest BCUT2D eigenvalue weighted by Gasteiger charge is 2.21. The molecule has 6 heteroatoms. The van der Waals surface area contributed by atoms with E-state index >= 15 is 0 Å². The summed E-state index contributed by atoms with van der Waals surface area (Å²) in [7, 11) is 1.61. The Hall–Kier alpha value is -1.26. The van der Waals surface area contributed by atoms with Gasteiger partial charge in [0.25, 0.3) is 0 Å². The molecule has 1 unspecified atom stereocenters. The van der Waals surface area contributed by atoms with Crippen LogP contribution in [0.25, 0.3) is 0 Å². The van der Waals surface area contributed by atoms with Gasteiger partial charge in [-0.15, -0.1) is 24.0 Å². The number of methoxy groups -OCH3 is 1. The van der Waals surface area contributed by atoms with E-state index < -0.39 is 5.97 Å². The van der Waals surface area contributed by atoms with Gasteiger partial charge in [0.05, 0.1) is 19.1 Å². The second-order valence-corrected chi connectivity index (χ2v) is 6.94. The maximum Gasteiger partial charge on any atom is 0.351 e. The van der Waals surface area contributed by atoms with Crippen molar-refractivity contribution in [3.05, 3.63) is 29.3 Å². The van der Waals surface area contributed by atoms with Gasteiger partial charge in [0.2, 0.25) is 0 Å². The molecule has 0 bridgehead atoms.